The largest absolute Gasteiger partial charge is 0.483 e. The summed E-state index contributed by atoms with van der Waals surface area (Å²) in [4.78, 5) is 8.78. The van der Waals surface area contributed by atoms with Crippen molar-refractivity contribution in [2.24, 2.45) is 4.99 Å². The molecule has 0 fully saturated rings. The van der Waals surface area contributed by atoms with E-state index in [9.17, 15) is 4.39 Å². The van der Waals surface area contributed by atoms with Gasteiger partial charge < -0.3 is 19.0 Å². The second kappa shape index (κ2) is 8.87. The Hall–Kier alpha value is -3.98. The molecule has 0 saturated heterocycles. The number of ether oxygens (including phenoxy) is 1. The third-order valence-corrected chi connectivity index (χ3v) is 5.33. The summed E-state index contributed by atoms with van der Waals surface area (Å²) in [7, 11) is 0. The first kappa shape index (κ1) is 20.9. The fourth-order valence-electron chi connectivity index (χ4n) is 3.51. The Bertz CT molecular complexity index is 1360. The number of aliphatic imine (C=N–C) groups is 1. The molecule has 1 aliphatic heterocycles. The molecule has 5 rings (SSSR count). The number of benzene rings is 2. The summed E-state index contributed by atoms with van der Waals surface area (Å²) in [6.45, 7) is 2.31. The number of para-hydroxylation sites is 1. The summed E-state index contributed by atoms with van der Waals surface area (Å²) in [6.07, 6.45) is 4.63. The highest BCUT2D eigenvalue weighted by Crippen LogP contribution is 2.32. The highest BCUT2D eigenvalue weighted by molar-refractivity contribution is 6.31. The predicted octanol–water partition coefficient (Wildman–Crippen LogP) is 5.19. The molecule has 3 heterocycles. The first-order valence-corrected chi connectivity index (χ1v) is 10.5. The normalized spacial score (nSPS) is 16.5. The van der Waals surface area contributed by atoms with Crippen LogP contribution in [-0.2, 0) is 13.2 Å². The number of hydrogen-bond donors (Lipinski definition) is 1. The first-order chi connectivity index (χ1) is 16.1. The third-order valence-electron chi connectivity index (χ3n) is 5.09. The van der Waals surface area contributed by atoms with Crippen LogP contribution in [0.2, 0.25) is 5.02 Å². The summed E-state index contributed by atoms with van der Waals surface area (Å²) < 4.78 is 27.1. The van der Waals surface area contributed by atoms with Crippen molar-refractivity contribution in [3.63, 3.8) is 0 Å². The van der Waals surface area contributed by atoms with Crippen LogP contribution in [0.1, 0.15) is 18.6 Å². The highest BCUT2D eigenvalue weighted by atomic mass is 35.5. The zero-order valence-corrected chi connectivity index (χ0v) is 18.3. The maximum absolute atomic E-state index is 14.1. The van der Waals surface area contributed by atoms with Gasteiger partial charge in [-0.3, -0.25) is 0 Å². The Labute approximate surface area is 193 Å². The number of anilines is 1. The standard InChI is InChI=1S/C23H18ClFN6O2/c1-14-11-31-20(12-33-19-5-3-2-4-17(19)25)29-30-22(31)16-10-15(24)6-7-18(16)27-13-28-21(14)23-26-8-9-32-23/h2-10,13H,11-12H2,1H3,(H,27,28)/b21-14+. The maximum atomic E-state index is 14.1. The number of nitrogens with one attached hydrogen (secondary N) is 1. The maximum Gasteiger partial charge on any atom is 0.245 e. The lowest BCUT2D eigenvalue weighted by Gasteiger charge is -2.16. The van der Waals surface area contributed by atoms with Crippen molar-refractivity contribution in [3.8, 4) is 17.1 Å². The number of halogens is 2. The molecule has 0 unspecified atom stereocenters. The molecule has 0 saturated carbocycles. The van der Waals surface area contributed by atoms with E-state index in [0.29, 0.717) is 34.8 Å². The molecular weight excluding hydrogens is 447 g/mol. The zero-order chi connectivity index (χ0) is 22.8. The zero-order valence-electron chi connectivity index (χ0n) is 17.5. The Kier molecular flexibility index (Phi) is 5.62. The molecule has 0 radical (unpaired) electrons. The Balaban J connectivity index is 1.60. The number of rotatable bonds is 4. The van der Waals surface area contributed by atoms with Gasteiger partial charge in [-0.2, -0.15) is 0 Å². The van der Waals surface area contributed by atoms with Crippen molar-refractivity contribution >= 4 is 29.3 Å². The fourth-order valence-corrected chi connectivity index (χ4v) is 3.68. The number of nitrogens with zero attached hydrogens (tertiary/aromatic N) is 5. The molecule has 8 nitrogen and oxygen atoms in total. The number of oxazole rings is 1. The second-order valence-electron chi connectivity index (χ2n) is 7.30. The van der Waals surface area contributed by atoms with Crippen molar-refractivity contribution in [1.29, 1.82) is 0 Å². The van der Waals surface area contributed by atoms with Gasteiger partial charge in [0.15, 0.2) is 23.2 Å². The Morgan fingerprint density at radius 3 is 2.91 bits per heavy atom. The van der Waals surface area contributed by atoms with Crippen molar-refractivity contribution in [3.05, 3.63) is 83.1 Å². The van der Waals surface area contributed by atoms with Gasteiger partial charge in [0.25, 0.3) is 0 Å². The van der Waals surface area contributed by atoms with E-state index in [0.717, 1.165) is 16.8 Å². The van der Waals surface area contributed by atoms with Crippen molar-refractivity contribution in [2.45, 2.75) is 20.1 Å². The lowest BCUT2D eigenvalue weighted by atomic mass is 10.1. The van der Waals surface area contributed by atoms with Gasteiger partial charge in [0, 0.05) is 17.1 Å². The average Bonchev–Trinajstić information content (AvgIpc) is 3.47. The van der Waals surface area contributed by atoms with E-state index in [-0.39, 0.29) is 12.4 Å². The molecule has 2 aromatic heterocycles. The average molecular weight is 465 g/mol. The third kappa shape index (κ3) is 4.22. The number of allylic oxidation sites excluding steroid dienone is 1. The van der Waals surface area contributed by atoms with Crippen LogP contribution in [0.3, 0.4) is 0 Å². The molecule has 2 aromatic carbocycles. The van der Waals surface area contributed by atoms with Gasteiger partial charge in [-0.25, -0.2) is 14.4 Å². The van der Waals surface area contributed by atoms with Crippen molar-refractivity contribution in [1.82, 2.24) is 19.7 Å². The SMILES string of the molecule is C/C1=C(c2ncco2)\N=C/Nc2ccc(Cl)cc2-c2nnc(COc3ccccc3F)n2C1. The van der Waals surface area contributed by atoms with E-state index in [2.05, 4.69) is 25.5 Å². The van der Waals surface area contributed by atoms with E-state index in [1.807, 2.05) is 17.6 Å². The van der Waals surface area contributed by atoms with E-state index in [1.54, 1.807) is 42.9 Å². The summed E-state index contributed by atoms with van der Waals surface area (Å²) in [5, 5.41) is 12.5. The number of fused-ring (bicyclic) bond motifs is 3. The lowest BCUT2D eigenvalue weighted by molar-refractivity contribution is 0.276. The van der Waals surface area contributed by atoms with Crippen LogP contribution < -0.4 is 10.1 Å². The molecule has 166 valence electrons. The van der Waals surface area contributed by atoms with Crippen molar-refractivity contribution in [2.75, 3.05) is 5.32 Å². The molecule has 1 N–H and O–H groups in total. The summed E-state index contributed by atoms with van der Waals surface area (Å²) in [5.41, 5.74) is 2.91. The van der Waals surface area contributed by atoms with Crippen LogP contribution in [0, 0.1) is 5.82 Å². The smallest absolute Gasteiger partial charge is 0.245 e. The minimum atomic E-state index is -0.448. The lowest BCUT2D eigenvalue weighted by Crippen LogP contribution is -2.12. The molecule has 1 aliphatic rings. The molecule has 0 atom stereocenters. The molecule has 0 aliphatic carbocycles. The van der Waals surface area contributed by atoms with Gasteiger partial charge >= 0.3 is 0 Å². The van der Waals surface area contributed by atoms with Gasteiger partial charge in [0.05, 0.1) is 18.2 Å². The minimum Gasteiger partial charge on any atom is -0.483 e. The molecule has 0 spiro atoms. The Morgan fingerprint density at radius 1 is 1.21 bits per heavy atom. The summed E-state index contributed by atoms with van der Waals surface area (Å²) in [6, 6.07) is 11.6. The van der Waals surface area contributed by atoms with E-state index in [4.69, 9.17) is 20.8 Å². The summed E-state index contributed by atoms with van der Waals surface area (Å²) in [5.74, 6) is 1.16. The predicted molar refractivity (Wildman–Crippen MR) is 122 cm³/mol. The van der Waals surface area contributed by atoms with Crippen molar-refractivity contribution < 1.29 is 13.5 Å². The molecular formula is C23H18ClFN6O2. The first-order valence-electron chi connectivity index (χ1n) is 10.1. The van der Waals surface area contributed by atoms with Crippen LogP contribution in [-0.4, -0.2) is 26.1 Å². The van der Waals surface area contributed by atoms with Crippen LogP contribution in [0.25, 0.3) is 17.1 Å². The Morgan fingerprint density at radius 2 is 2.09 bits per heavy atom. The monoisotopic (exact) mass is 464 g/mol. The van der Waals surface area contributed by atoms with E-state index >= 15 is 0 Å². The molecule has 4 aromatic rings. The fraction of sp³-hybridized carbons (Fsp3) is 0.130. The van der Waals surface area contributed by atoms with Gasteiger partial charge in [0.2, 0.25) is 5.89 Å². The van der Waals surface area contributed by atoms with Gasteiger partial charge in [0.1, 0.15) is 18.6 Å². The number of aromatic nitrogens is 4. The molecule has 0 amide bonds. The van der Waals surface area contributed by atoms with Gasteiger partial charge in [-0.15, -0.1) is 10.2 Å². The van der Waals surface area contributed by atoms with Gasteiger partial charge in [-0.1, -0.05) is 23.7 Å². The van der Waals surface area contributed by atoms with Crippen LogP contribution in [0.4, 0.5) is 10.1 Å². The van der Waals surface area contributed by atoms with E-state index < -0.39 is 5.82 Å². The van der Waals surface area contributed by atoms with Crippen LogP contribution >= 0.6 is 11.6 Å². The van der Waals surface area contributed by atoms with Crippen LogP contribution in [0.15, 0.2) is 69.9 Å². The topological polar surface area (TPSA) is 90.4 Å². The molecule has 10 heteroatoms. The van der Waals surface area contributed by atoms with Gasteiger partial charge in [-0.05, 0) is 42.8 Å². The molecule has 33 heavy (non-hydrogen) atoms. The minimum absolute atomic E-state index is 0.0160. The highest BCUT2D eigenvalue weighted by Gasteiger charge is 2.21. The summed E-state index contributed by atoms with van der Waals surface area (Å²) >= 11 is 6.28. The second-order valence-corrected chi connectivity index (χ2v) is 7.74. The quantitative estimate of drug-likeness (QED) is 0.447. The van der Waals surface area contributed by atoms with Crippen LogP contribution in [0.5, 0.6) is 5.75 Å². The molecule has 0 bridgehead atoms. The number of hydrogen-bond acceptors (Lipinski definition) is 7. The van der Waals surface area contributed by atoms with E-state index in [1.165, 1.54) is 12.3 Å².